The van der Waals surface area contributed by atoms with E-state index in [1.807, 2.05) is 12.1 Å². The van der Waals surface area contributed by atoms with E-state index in [1.54, 1.807) is 25.5 Å². The van der Waals surface area contributed by atoms with Crippen molar-refractivity contribution < 1.29 is 4.79 Å². The Bertz CT molecular complexity index is 523. The minimum Gasteiger partial charge on any atom is -0.294 e. The van der Waals surface area contributed by atoms with Gasteiger partial charge in [0.1, 0.15) is 0 Å². The first-order valence-corrected chi connectivity index (χ1v) is 4.93. The molecule has 0 saturated carbocycles. The fourth-order valence-electron chi connectivity index (χ4n) is 1.45. The summed E-state index contributed by atoms with van der Waals surface area (Å²) in [6, 6.07) is 3.71. The second kappa shape index (κ2) is 4.18. The maximum Gasteiger partial charge on any atom is 0.163 e. The standard InChI is InChI=1S/C12H11N3O/c1-8-11(9(2)16)7-14-12(15-8)10-4-3-5-13-6-10/h3-7H,1-2H3. The largest absolute Gasteiger partial charge is 0.294 e. The predicted octanol–water partition coefficient (Wildman–Crippen LogP) is 2.05. The minimum atomic E-state index is -0.0183. The summed E-state index contributed by atoms with van der Waals surface area (Å²) in [6.45, 7) is 3.31. The van der Waals surface area contributed by atoms with Crippen LogP contribution in [0.5, 0.6) is 0 Å². The summed E-state index contributed by atoms with van der Waals surface area (Å²) < 4.78 is 0. The number of hydrogen-bond donors (Lipinski definition) is 0. The van der Waals surface area contributed by atoms with Gasteiger partial charge in [-0.1, -0.05) is 0 Å². The molecule has 16 heavy (non-hydrogen) atoms. The number of ketones is 1. The van der Waals surface area contributed by atoms with Crippen LogP contribution in [0.1, 0.15) is 23.0 Å². The Kier molecular flexibility index (Phi) is 2.72. The van der Waals surface area contributed by atoms with E-state index in [1.165, 1.54) is 6.92 Å². The van der Waals surface area contributed by atoms with Crippen molar-refractivity contribution in [1.82, 2.24) is 15.0 Å². The van der Waals surface area contributed by atoms with Gasteiger partial charge in [0.15, 0.2) is 11.6 Å². The van der Waals surface area contributed by atoms with Crippen LogP contribution in [0.15, 0.2) is 30.7 Å². The molecule has 0 amide bonds. The lowest BCUT2D eigenvalue weighted by atomic mass is 10.1. The molecule has 80 valence electrons. The zero-order valence-corrected chi connectivity index (χ0v) is 9.14. The molecule has 0 unspecified atom stereocenters. The Balaban J connectivity index is 2.46. The average molecular weight is 213 g/mol. The molecule has 0 saturated heterocycles. The van der Waals surface area contributed by atoms with Gasteiger partial charge >= 0.3 is 0 Å². The molecular formula is C12H11N3O. The molecule has 0 aliphatic rings. The van der Waals surface area contributed by atoms with Crippen LogP contribution in [0.4, 0.5) is 0 Å². The molecule has 2 rings (SSSR count). The quantitative estimate of drug-likeness (QED) is 0.716. The zero-order valence-electron chi connectivity index (χ0n) is 9.14. The van der Waals surface area contributed by atoms with Crippen molar-refractivity contribution in [3.05, 3.63) is 42.0 Å². The maximum atomic E-state index is 11.2. The van der Waals surface area contributed by atoms with Gasteiger partial charge in [-0.05, 0) is 26.0 Å². The first-order chi connectivity index (χ1) is 7.68. The summed E-state index contributed by atoms with van der Waals surface area (Å²) in [4.78, 5) is 23.7. The highest BCUT2D eigenvalue weighted by Crippen LogP contribution is 2.14. The number of carbonyl (C=O) groups excluding carboxylic acids is 1. The molecule has 0 aliphatic carbocycles. The Hall–Kier alpha value is -2.10. The van der Waals surface area contributed by atoms with Gasteiger partial charge in [0.05, 0.1) is 11.3 Å². The third-order valence-corrected chi connectivity index (χ3v) is 2.28. The van der Waals surface area contributed by atoms with E-state index in [4.69, 9.17) is 0 Å². The highest BCUT2D eigenvalue weighted by molar-refractivity contribution is 5.94. The topological polar surface area (TPSA) is 55.7 Å². The van der Waals surface area contributed by atoms with Gasteiger partial charge in [-0.15, -0.1) is 0 Å². The van der Waals surface area contributed by atoms with Gasteiger partial charge in [0.2, 0.25) is 0 Å². The van der Waals surface area contributed by atoms with Gasteiger partial charge in [0.25, 0.3) is 0 Å². The number of Topliss-reactive ketones (excluding diaryl/α,β-unsaturated/α-hetero) is 1. The van der Waals surface area contributed by atoms with Crippen LogP contribution < -0.4 is 0 Å². The summed E-state index contributed by atoms with van der Waals surface area (Å²) in [5.41, 5.74) is 2.11. The number of aryl methyl sites for hydroxylation is 1. The Morgan fingerprint density at radius 3 is 2.69 bits per heavy atom. The summed E-state index contributed by atoms with van der Waals surface area (Å²) in [5, 5.41) is 0. The van der Waals surface area contributed by atoms with Gasteiger partial charge in [-0.25, -0.2) is 9.97 Å². The van der Waals surface area contributed by atoms with Crippen LogP contribution in [0.25, 0.3) is 11.4 Å². The predicted molar refractivity (Wildman–Crippen MR) is 60.0 cm³/mol. The molecule has 0 aliphatic heterocycles. The number of nitrogens with zero attached hydrogens (tertiary/aromatic N) is 3. The van der Waals surface area contributed by atoms with Gasteiger partial charge < -0.3 is 0 Å². The molecule has 0 radical (unpaired) electrons. The smallest absolute Gasteiger partial charge is 0.163 e. The molecule has 4 heteroatoms. The van der Waals surface area contributed by atoms with Crippen LogP contribution in [0.2, 0.25) is 0 Å². The molecule has 0 N–H and O–H groups in total. The lowest BCUT2D eigenvalue weighted by molar-refractivity contribution is 0.101. The summed E-state index contributed by atoms with van der Waals surface area (Å²) in [7, 11) is 0. The second-order valence-corrected chi connectivity index (χ2v) is 3.49. The summed E-state index contributed by atoms with van der Waals surface area (Å²) >= 11 is 0. The first-order valence-electron chi connectivity index (χ1n) is 4.93. The normalized spacial score (nSPS) is 10.1. The third-order valence-electron chi connectivity index (χ3n) is 2.28. The molecule has 0 atom stereocenters. The van der Waals surface area contributed by atoms with E-state index in [-0.39, 0.29) is 5.78 Å². The third kappa shape index (κ3) is 1.95. The van der Waals surface area contributed by atoms with Crippen LogP contribution in [-0.4, -0.2) is 20.7 Å². The highest BCUT2D eigenvalue weighted by atomic mass is 16.1. The maximum absolute atomic E-state index is 11.2. The fourth-order valence-corrected chi connectivity index (χ4v) is 1.45. The molecule has 4 nitrogen and oxygen atoms in total. The Morgan fingerprint density at radius 1 is 1.31 bits per heavy atom. The molecule has 2 aromatic rings. The molecule has 0 aromatic carbocycles. The SMILES string of the molecule is CC(=O)c1cnc(-c2cccnc2)nc1C. The fraction of sp³-hybridized carbons (Fsp3) is 0.167. The van der Waals surface area contributed by atoms with Gasteiger partial charge in [-0.3, -0.25) is 9.78 Å². The molecule has 0 bridgehead atoms. The van der Waals surface area contributed by atoms with E-state index in [0.29, 0.717) is 17.1 Å². The lowest BCUT2D eigenvalue weighted by Crippen LogP contribution is -2.02. The average Bonchev–Trinajstić information content (AvgIpc) is 2.29. The number of carbonyl (C=O) groups is 1. The van der Waals surface area contributed by atoms with Crippen molar-refractivity contribution in [1.29, 1.82) is 0 Å². The number of rotatable bonds is 2. The van der Waals surface area contributed by atoms with Crippen molar-refractivity contribution in [2.45, 2.75) is 13.8 Å². The monoisotopic (exact) mass is 213 g/mol. The molecule has 2 heterocycles. The van der Waals surface area contributed by atoms with Crippen LogP contribution in [0, 0.1) is 6.92 Å². The molecular weight excluding hydrogens is 202 g/mol. The number of pyridine rings is 1. The molecule has 2 aromatic heterocycles. The summed E-state index contributed by atoms with van der Waals surface area (Å²) in [6.07, 6.45) is 4.95. The first kappa shape index (κ1) is 10.4. The molecule has 0 fully saturated rings. The van der Waals surface area contributed by atoms with Gasteiger partial charge in [-0.2, -0.15) is 0 Å². The van der Waals surface area contributed by atoms with Crippen LogP contribution >= 0.6 is 0 Å². The van der Waals surface area contributed by atoms with Crippen molar-refractivity contribution >= 4 is 5.78 Å². The van der Waals surface area contributed by atoms with E-state index in [0.717, 1.165) is 5.56 Å². The molecule has 0 spiro atoms. The van der Waals surface area contributed by atoms with Crippen LogP contribution in [0.3, 0.4) is 0 Å². The van der Waals surface area contributed by atoms with Crippen molar-refractivity contribution in [3.8, 4) is 11.4 Å². The minimum absolute atomic E-state index is 0.0183. The van der Waals surface area contributed by atoms with E-state index < -0.39 is 0 Å². The van der Waals surface area contributed by atoms with Crippen LogP contribution in [-0.2, 0) is 0 Å². The number of aromatic nitrogens is 3. The zero-order chi connectivity index (χ0) is 11.5. The van der Waals surface area contributed by atoms with Crippen molar-refractivity contribution in [3.63, 3.8) is 0 Å². The second-order valence-electron chi connectivity index (χ2n) is 3.49. The van der Waals surface area contributed by atoms with Gasteiger partial charge in [0, 0.05) is 24.2 Å². The highest BCUT2D eigenvalue weighted by Gasteiger charge is 2.08. The Morgan fingerprint density at radius 2 is 2.12 bits per heavy atom. The van der Waals surface area contributed by atoms with E-state index >= 15 is 0 Å². The van der Waals surface area contributed by atoms with Crippen molar-refractivity contribution in [2.24, 2.45) is 0 Å². The van der Waals surface area contributed by atoms with E-state index in [2.05, 4.69) is 15.0 Å². The number of hydrogen-bond acceptors (Lipinski definition) is 4. The Labute approximate surface area is 93.4 Å². The lowest BCUT2D eigenvalue weighted by Gasteiger charge is -2.03. The van der Waals surface area contributed by atoms with Crippen molar-refractivity contribution in [2.75, 3.05) is 0 Å². The van der Waals surface area contributed by atoms with E-state index in [9.17, 15) is 4.79 Å². The summed E-state index contributed by atoms with van der Waals surface area (Å²) in [5.74, 6) is 0.575.